The van der Waals surface area contributed by atoms with Gasteiger partial charge in [0.05, 0.1) is 0 Å². The van der Waals surface area contributed by atoms with Crippen LogP contribution in [0.2, 0.25) is 0 Å². The highest BCUT2D eigenvalue weighted by atomic mass is 15.2. The molecule has 0 amide bonds. The molecule has 2 fully saturated rings. The van der Waals surface area contributed by atoms with Crippen molar-refractivity contribution >= 4 is 0 Å². The summed E-state index contributed by atoms with van der Waals surface area (Å²) in [6, 6.07) is 11.9. The van der Waals surface area contributed by atoms with Crippen LogP contribution in [-0.4, -0.2) is 48.1 Å². The minimum absolute atomic E-state index is 0.415. The summed E-state index contributed by atoms with van der Waals surface area (Å²) in [5, 5.41) is 0. The third kappa shape index (κ3) is 3.35. The molecule has 1 aromatic carbocycles. The first-order chi connectivity index (χ1) is 9.31. The molecule has 2 aliphatic heterocycles. The summed E-state index contributed by atoms with van der Waals surface area (Å²) < 4.78 is 0. The number of rotatable bonds is 2. The second-order valence-electron chi connectivity index (χ2n) is 6.05. The van der Waals surface area contributed by atoms with Gasteiger partial charge >= 0.3 is 0 Å². The lowest BCUT2D eigenvalue weighted by atomic mass is 9.98. The van der Waals surface area contributed by atoms with E-state index in [0.29, 0.717) is 12.1 Å². The van der Waals surface area contributed by atoms with Gasteiger partial charge in [-0.15, -0.1) is 0 Å². The summed E-state index contributed by atoms with van der Waals surface area (Å²) in [7, 11) is 0. The Balaban J connectivity index is 1.63. The van der Waals surface area contributed by atoms with Crippen LogP contribution in [-0.2, 0) is 6.54 Å². The Morgan fingerprint density at radius 3 is 2.79 bits per heavy atom. The van der Waals surface area contributed by atoms with Crippen molar-refractivity contribution < 1.29 is 0 Å². The highest BCUT2D eigenvalue weighted by Gasteiger charge is 2.29. The fourth-order valence-electron chi connectivity index (χ4n) is 3.49. The van der Waals surface area contributed by atoms with Gasteiger partial charge in [0.25, 0.3) is 0 Å². The molecule has 2 saturated heterocycles. The average molecular weight is 259 g/mol. The Hall–Kier alpha value is -0.900. The molecule has 2 aliphatic rings. The van der Waals surface area contributed by atoms with E-state index in [1.807, 2.05) is 0 Å². The maximum Gasteiger partial charge on any atom is 0.0238 e. The molecular formula is C16H25N3. The minimum Gasteiger partial charge on any atom is -0.328 e. The zero-order valence-corrected chi connectivity index (χ0v) is 11.7. The van der Waals surface area contributed by atoms with Crippen molar-refractivity contribution in [1.82, 2.24) is 9.80 Å². The van der Waals surface area contributed by atoms with Crippen molar-refractivity contribution in [2.24, 2.45) is 5.73 Å². The first-order valence-corrected chi connectivity index (χ1v) is 7.57. The number of benzene rings is 1. The molecule has 2 unspecified atom stereocenters. The zero-order valence-electron chi connectivity index (χ0n) is 11.7. The minimum atomic E-state index is 0.415. The third-order valence-electron chi connectivity index (χ3n) is 4.52. The first-order valence-electron chi connectivity index (χ1n) is 7.57. The molecule has 2 N–H and O–H groups in total. The summed E-state index contributed by atoms with van der Waals surface area (Å²) in [4.78, 5) is 5.27. The highest BCUT2D eigenvalue weighted by Crippen LogP contribution is 2.21. The van der Waals surface area contributed by atoms with E-state index in [0.717, 1.165) is 6.54 Å². The van der Waals surface area contributed by atoms with E-state index < -0.39 is 0 Å². The van der Waals surface area contributed by atoms with Crippen LogP contribution >= 0.6 is 0 Å². The van der Waals surface area contributed by atoms with Crippen LogP contribution in [0, 0.1) is 0 Å². The van der Waals surface area contributed by atoms with Crippen LogP contribution in [0.25, 0.3) is 0 Å². The molecule has 0 radical (unpaired) electrons. The normalized spacial score (nSPS) is 29.7. The lowest BCUT2D eigenvalue weighted by molar-refractivity contribution is 0.124. The first kappa shape index (κ1) is 13.1. The van der Waals surface area contributed by atoms with Gasteiger partial charge in [0.2, 0.25) is 0 Å². The Morgan fingerprint density at radius 1 is 1.11 bits per heavy atom. The number of piperidine rings is 1. The monoisotopic (exact) mass is 259 g/mol. The summed E-state index contributed by atoms with van der Waals surface area (Å²) in [5.74, 6) is 0. The van der Waals surface area contributed by atoms with E-state index in [1.54, 1.807) is 0 Å². The Labute approximate surface area is 116 Å². The molecule has 0 spiro atoms. The standard InChI is InChI=1S/C16H25N3/c17-15-7-10-19-9-4-8-18(13-16(19)11-15)12-14-5-2-1-3-6-14/h1-3,5-6,15-16H,4,7-13,17H2. The lowest BCUT2D eigenvalue weighted by Gasteiger charge is -2.38. The molecule has 0 saturated carbocycles. The van der Waals surface area contributed by atoms with Crippen molar-refractivity contribution in [2.45, 2.75) is 37.9 Å². The van der Waals surface area contributed by atoms with E-state index >= 15 is 0 Å². The van der Waals surface area contributed by atoms with Crippen LogP contribution < -0.4 is 5.73 Å². The van der Waals surface area contributed by atoms with Crippen molar-refractivity contribution in [1.29, 1.82) is 0 Å². The van der Waals surface area contributed by atoms with Crippen LogP contribution in [0.4, 0.5) is 0 Å². The van der Waals surface area contributed by atoms with Gasteiger partial charge in [0, 0.05) is 25.2 Å². The van der Waals surface area contributed by atoms with Gasteiger partial charge in [-0.1, -0.05) is 30.3 Å². The van der Waals surface area contributed by atoms with Gasteiger partial charge in [-0.2, -0.15) is 0 Å². The molecule has 3 heteroatoms. The van der Waals surface area contributed by atoms with Crippen LogP contribution in [0.5, 0.6) is 0 Å². The summed E-state index contributed by atoms with van der Waals surface area (Å²) in [6.07, 6.45) is 3.64. The fraction of sp³-hybridized carbons (Fsp3) is 0.625. The van der Waals surface area contributed by atoms with Crippen LogP contribution in [0.1, 0.15) is 24.8 Å². The van der Waals surface area contributed by atoms with Crippen molar-refractivity contribution in [3.05, 3.63) is 35.9 Å². The third-order valence-corrected chi connectivity index (χ3v) is 4.52. The maximum absolute atomic E-state index is 6.15. The summed E-state index contributed by atoms with van der Waals surface area (Å²) in [6.45, 7) is 5.94. The molecule has 2 heterocycles. The van der Waals surface area contributed by atoms with Crippen molar-refractivity contribution in [3.8, 4) is 0 Å². The summed E-state index contributed by atoms with van der Waals surface area (Å²) >= 11 is 0. The zero-order chi connectivity index (χ0) is 13.1. The fourth-order valence-corrected chi connectivity index (χ4v) is 3.49. The molecular weight excluding hydrogens is 234 g/mol. The molecule has 3 nitrogen and oxygen atoms in total. The highest BCUT2D eigenvalue weighted by molar-refractivity contribution is 5.14. The van der Waals surface area contributed by atoms with E-state index in [9.17, 15) is 0 Å². The molecule has 0 bridgehead atoms. The summed E-state index contributed by atoms with van der Waals surface area (Å²) in [5.41, 5.74) is 7.57. The van der Waals surface area contributed by atoms with Gasteiger partial charge in [-0.05, 0) is 44.5 Å². The number of hydrogen-bond acceptors (Lipinski definition) is 3. The molecule has 1 aromatic rings. The van der Waals surface area contributed by atoms with E-state index in [4.69, 9.17) is 5.73 Å². The predicted octanol–water partition coefficient (Wildman–Crippen LogP) is 1.68. The predicted molar refractivity (Wildman–Crippen MR) is 78.9 cm³/mol. The second-order valence-corrected chi connectivity index (χ2v) is 6.05. The lowest BCUT2D eigenvalue weighted by Crippen LogP contribution is -2.49. The Morgan fingerprint density at radius 2 is 1.95 bits per heavy atom. The SMILES string of the molecule is NC1CCN2CCCN(Cc3ccccc3)CC2C1. The van der Waals surface area contributed by atoms with Crippen molar-refractivity contribution in [3.63, 3.8) is 0 Å². The molecule has 19 heavy (non-hydrogen) atoms. The molecule has 2 atom stereocenters. The maximum atomic E-state index is 6.15. The van der Waals surface area contributed by atoms with Gasteiger partial charge in [-0.25, -0.2) is 0 Å². The van der Waals surface area contributed by atoms with Gasteiger partial charge in [0.15, 0.2) is 0 Å². The number of fused-ring (bicyclic) bond motifs is 1. The van der Waals surface area contributed by atoms with Gasteiger partial charge in [0.1, 0.15) is 0 Å². The van der Waals surface area contributed by atoms with Gasteiger partial charge < -0.3 is 5.73 Å². The smallest absolute Gasteiger partial charge is 0.0238 e. The largest absolute Gasteiger partial charge is 0.328 e. The number of nitrogens with two attached hydrogens (primary N) is 1. The Kier molecular flexibility index (Phi) is 4.16. The van der Waals surface area contributed by atoms with E-state index in [2.05, 4.69) is 40.1 Å². The number of nitrogens with zero attached hydrogens (tertiary/aromatic N) is 2. The average Bonchev–Trinajstić information content (AvgIpc) is 2.61. The van der Waals surface area contributed by atoms with E-state index in [1.165, 1.54) is 51.0 Å². The van der Waals surface area contributed by atoms with Crippen LogP contribution in [0.15, 0.2) is 30.3 Å². The molecule has 0 aromatic heterocycles. The molecule has 0 aliphatic carbocycles. The van der Waals surface area contributed by atoms with Crippen LogP contribution in [0.3, 0.4) is 0 Å². The quantitative estimate of drug-likeness (QED) is 0.877. The van der Waals surface area contributed by atoms with E-state index in [-0.39, 0.29) is 0 Å². The second kappa shape index (κ2) is 6.04. The Bertz CT molecular complexity index is 392. The van der Waals surface area contributed by atoms with Crippen molar-refractivity contribution in [2.75, 3.05) is 26.2 Å². The topological polar surface area (TPSA) is 32.5 Å². The number of hydrogen-bond donors (Lipinski definition) is 1. The van der Waals surface area contributed by atoms with Gasteiger partial charge in [-0.3, -0.25) is 9.80 Å². The molecule has 104 valence electrons. The molecule has 3 rings (SSSR count).